The highest BCUT2D eigenvalue weighted by Crippen LogP contribution is 2.37. The zero-order valence-corrected chi connectivity index (χ0v) is 13.7. The molecule has 0 unspecified atom stereocenters. The molecular formula is C17H21N3O4. The number of hydrogen-bond acceptors (Lipinski definition) is 4. The van der Waals surface area contributed by atoms with Crippen LogP contribution in [0.3, 0.4) is 0 Å². The molecule has 2 fully saturated rings. The number of nitro benzene ring substituents is 1. The van der Waals surface area contributed by atoms with Gasteiger partial charge in [0.05, 0.1) is 11.5 Å². The summed E-state index contributed by atoms with van der Waals surface area (Å²) in [6, 6.07) is 5.73. The van der Waals surface area contributed by atoms with Crippen LogP contribution in [0.15, 0.2) is 24.3 Å². The number of carbonyl (C=O) groups excluding carboxylic acids is 2. The fourth-order valence-corrected chi connectivity index (χ4v) is 3.81. The third kappa shape index (κ3) is 2.74. The summed E-state index contributed by atoms with van der Waals surface area (Å²) in [5, 5.41) is 14.0. The Morgan fingerprint density at radius 3 is 2.58 bits per heavy atom. The van der Waals surface area contributed by atoms with E-state index < -0.39 is 16.5 Å². The Balaban J connectivity index is 1.84. The van der Waals surface area contributed by atoms with Gasteiger partial charge < -0.3 is 5.32 Å². The molecule has 128 valence electrons. The molecule has 3 amide bonds. The Morgan fingerprint density at radius 2 is 1.92 bits per heavy atom. The predicted molar refractivity (Wildman–Crippen MR) is 87.2 cm³/mol. The van der Waals surface area contributed by atoms with E-state index in [0.717, 1.165) is 37.0 Å². The molecule has 0 spiro atoms. The van der Waals surface area contributed by atoms with E-state index in [1.165, 1.54) is 6.07 Å². The van der Waals surface area contributed by atoms with Crippen molar-refractivity contribution in [3.8, 4) is 0 Å². The molecule has 1 aliphatic carbocycles. The highest BCUT2D eigenvalue weighted by molar-refractivity contribution is 6.07. The first-order valence-electron chi connectivity index (χ1n) is 8.30. The number of amides is 3. The summed E-state index contributed by atoms with van der Waals surface area (Å²) in [6.45, 7) is 1.70. The quantitative estimate of drug-likeness (QED) is 0.521. The van der Waals surface area contributed by atoms with Crippen LogP contribution in [-0.4, -0.2) is 27.3 Å². The Labute approximate surface area is 140 Å². The molecule has 2 aliphatic rings. The van der Waals surface area contributed by atoms with Crippen molar-refractivity contribution in [3.63, 3.8) is 0 Å². The summed E-state index contributed by atoms with van der Waals surface area (Å²) in [4.78, 5) is 37.0. The second-order valence-electron chi connectivity index (χ2n) is 6.74. The Bertz CT molecular complexity index is 684. The van der Waals surface area contributed by atoms with Gasteiger partial charge in [-0.1, -0.05) is 37.5 Å². The molecule has 24 heavy (non-hydrogen) atoms. The molecule has 0 radical (unpaired) electrons. The molecule has 0 bridgehead atoms. The van der Waals surface area contributed by atoms with Crippen LogP contribution in [0.1, 0.15) is 44.6 Å². The lowest BCUT2D eigenvalue weighted by Gasteiger charge is -2.34. The van der Waals surface area contributed by atoms with Crippen molar-refractivity contribution in [2.75, 3.05) is 0 Å². The van der Waals surface area contributed by atoms with E-state index in [4.69, 9.17) is 0 Å². The Morgan fingerprint density at radius 1 is 1.25 bits per heavy atom. The van der Waals surface area contributed by atoms with Gasteiger partial charge in [0.2, 0.25) is 0 Å². The summed E-state index contributed by atoms with van der Waals surface area (Å²) < 4.78 is 0. The molecule has 1 aromatic carbocycles. The molecule has 1 heterocycles. The minimum atomic E-state index is -0.902. The monoisotopic (exact) mass is 331 g/mol. The van der Waals surface area contributed by atoms with Crippen LogP contribution in [0, 0.1) is 16.0 Å². The number of carbonyl (C=O) groups is 2. The number of hydrogen-bond donors (Lipinski definition) is 1. The maximum atomic E-state index is 12.9. The molecule has 7 heteroatoms. The SMILES string of the molecule is C[C@]1(C2CCCCC2)NC(=O)N(Cc2ccccc2[N+](=O)[O-])C1=O. The number of benzene rings is 1. The van der Waals surface area contributed by atoms with Crippen molar-refractivity contribution in [1.29, 1.82) is 0 Å². The highest BCUT2D eigenvalue weighted by atomic mass is 16.6. The first-order valence-corrected chi connectivity index (χ1v) is 8.30. The third-order valence-corrected chi connectivity index (χ3v) is 5.24. The van der Waals surface area contributed by atoms with Crippen LogP contribution in [-0.2, 0) is 11.3 Å². The molecule has 0 aromatic heterocycles. The second kappa shape index (κ2) is 6.22. The molecule has 1 atom stereocenters. The number of para-hydroxylation sites is 1. The average molecular weight is 331 g/mol. The molecule has 7 nitrogen and oxygen atoms in total. The lowest BCUT2D eigenvalue weighted by Crippen LogP contribution is -2.51. The van der Waals surface area contributed by atoms with Crippen LogP contribution < -0.4 is 5.32 Å². The van der Waals surface area contributed by atoms with E-state index in [9.17, 15) is 19.7 Å². The molecule has 3 rings (SSSR count). The summed E-state index contributed by atoms with van der Waals surface area (Å²) >= 11 is 0. The van der Waals surface area contributed by atoms with Crippen LogP contribution in [0.25, 0.3) is 0 Å². The normalized spacial score (nSPS) is 25.0. The predicted octanol–water partition coefficient (Wildman–Crippen LogP) is 2.99. The number of imide groups is 1. The van der Waals surface area contributed by atoms with E-state index in [-0.39, 0.29) is 24.1 Å². The van der Waals surface area contributed by atoms with Gasteiger partial charge >= 0.3 is 6.03 Å². The van der Waals surface area contributed by atoms with Gasteiger partial charge in [0.1, 0.15) is 5.54 Å². The second-order valence-corrected chi connectivity index (χ2v) is 6.74. The van der Waals surface area contributed by atoms with E-state index >= 15 is 0 Å². The maximum absolute atomic E-state index is 12.9. The van der Waals surface area contributed by atoms with Crippen LogP contribution >= 0.6 is 0 Å². The Hall–Kier alpha value is -2.44. The van der Waals surface area contributed by atoms with Crippen molar-refractivity contribution in [1.82, 2.24) is 10.2 Å². The van der Waals surface area contributed by atoms with Gasteiger partial charge in [-0.15, -0.1) is 0 Å². The highest BCUT2D eigenvalue weighted by Gasteiger charge is 2.52. The first-order chi connectivity index (χ1) is 11.4. The fourth-order valence-electron chi connectivity index (χ4n) is 3.81. The minimum absolute atomic E-state index is 0.0792. The fraction of sp³-hybridized carbons (Fsp3) is 0.529. The first kappa shape index (κ1) is 16.4. The van der Waals surface area contributed by atoms with E-state index in [1.807, 2.05) is 0 Å². The molecular weight excluding hydrogens is 310 g/mol. The zero-order chi connectivity index (χ0) is 17.3. The molecule has 1 saturated carbocycles. The largest absolute Gasteiger partial charge is 0.325 e. The smallest absolute Gasteiger partial charge is 0.323 e. The molecule has 1 aromatic rings. The standard InChI is InChI=1S/C17H21N3O4/c1-17(13-8-3-2-4-9-13)15(21)19(16(22)18-17)11-12-7-5-6-10-14(12)20(23)24/h5-7,10,13H,2-4,8-9,11H2,1H3,(H,18,22)/t17-/m1/s1. The number of urea groups is 1. The van der Waals surface area contributed by atoms with Gasteiger partial charge in [0, 0.05) is 11.6 Å². The van der Waals surface area contributed by atoms with Crippen molar-refractivity contribution >= 4 is 17.6 Å². The van der Waals surface area contributed by atoms with Gasteiger partial charge in [-0.2, -0.15) is 0 Å². The topological polar surface area (TPSA) is 92.6 Å². The molecule has 1 saturated heterocycles. The van der Waals surface area contributed by atoms with Gasteiger partial charge in [0.15, 0.2) is 0 Å². The average Bonchev–Trinajstić information content (AvgIpc) is 2.80. The summed E-state index contributed by atoms with van der Waals surface area (Å²) in [7, 11) is 0. The number of nitrogens with one attached hydrogen (secondary N) is 1. The van der Waals surface area contributed by atoms with Crippen molar-refractivity contribution < 1.29 is 14.5 Å². The lowest BCUT2D eigenvalue weighted by molar-refractivity contribution is -0.385. The summed E-state index contributed by atoms with van der Waals surface area (Å²) in [6.07, 6.45) is 5.12. The van der Waals surface area contributed by atoms with E-state index in [2.05, 4.69) is 5.32 Å². The molecule has 1 aliphatic heterocycles. The van der Waals surface area contributed by atoms with Crippen LogP contribution in [0.5, 0.6) is 0 Å². The van der Waals surface area contributed by atoms with Gasteiger partial charge in [0.25, 0.3) is 11.6 Å². The minimum Gasteiger partial charge on any atom is -0.323 e. The number of rotatable bonds is 4. The Kier molecular flexibility index (Phi) is 4.26. The van der Waals surface area contributed by atoms with Gasteiger partial charge in [-0.3, -0.25) is 19.8 Å². The van der Waals surface area contributed by atoms with Crippen molar-refractivity contribution in [2.24, 2.45) is 5.92 Å². The lowest BCUT2D eigenvalue weighted by atomic mass is 9.75. The summed E-state index contributed by atoms with van der Waals surface area (Å²) in [5.74, 6) is -0.156. The zero-order valence-electron chi connectivity index (χ0n) is 13.7. The van der Waals surface area contributed by atoms with Crippen molar-refractivity contribution in [2.45, 2.75) is 51.1 Å². The van der Waals surface area contributed by atoms with Gasteiger partial charge in [-0.05, 0) is 25.7 Å². The van der Waals surface area contributed by atoms with Crippen molar-refractivity contribution in [3.05, 3.63) is 39.9 Å². The number of nitrogens with zero attached hydrogens (tertiary/aromatic N) is 2. The number of nitro groups is 1. The maximum Gasteiger partial charge on any atom is 0.325 e. The van der Waals surface area contributed by atoms with E-state index in [0.29, 0.717) is 5.56 Å². The van der Waals surface area contributed by atoms with Gasteiger partial charge in [-0.25, -0.2) is 4.79 Å². The summed E-state index contributed by atoms with van der Waals surface area (Å²) in [5.41, 5.74) is -0.621. The van der Waals surface area contributed by atoms with E-state index in [1.54, 1.807) is 25.1 Å². The molecule has 1 N–H and O–H groups in total. The third-order valence-electron chi connectivity index (χ3n) is 5.24. The van der Waals surface area contributed by atoms with Crippen LogP contribution in [0.2, 0.25) is 0 Å². The van der Waals surface area contributed by atoms with Crippen LogP contribution in [0.4, 0.5) is 10.5 Å².